The third kappa shape index (κ3) is 6.24. The predicted molar refractivity (Wildman–Crippen MR) is 145 cm³/mol. The second kappa shape index (κ2) is 12.1. The van der Waals surface area contributed by atoms with Crippen LogP contribution in [0, 0.1) is 5.82 Å². The van der Waals surface area contributed by atoms with Crippen LogP contribution in [0.15, 0.2) is 78.2 Å². The van der Waals surface area contributed by atoms with E-state index in [0.717, 1.165) is 27.8 Å². The van der Waals surface area contributed by atoms with E-state index in [-0.39, 0.29) is 22.0 Å². The van der Waals surface area contributed by atoms with Gasteiger partial charge in [0.15, 0.2) is 11.5 Å². The Morgan fingerprint density at radius 3 is 2.57 bits per heavy atom. The molecule has 0 radical (unpaired) electrons. The second-order valence-corrected chi connectivity index (χ2v) is 9.58. The number of hydrogen-bond acceptors (Lipinski definition) is 5. The van der Waals surface area contributed by atoms with Crippen LogP contribution in [0.25, 0.3) is 6.08 Å². The van der Waals surface area contributed by atoms with Gasteiger partial charge in [0, 0.05) is 16.1 Å². The van der Waals surface area contributed by atoms with E-state index in [1.54, 1.807) is 18.2 Å². The van der Waals surface area contributed by atoms with Gasteiger partial charge in [-0.3, -0.25) is 14.5 Å². The van der Waals surface area contributed by atoms with Gasteiger partial charge in [-0.05, 0) is 66.6 Å². The lowest BCUT2D eigenvalue weighted by atomic mass is 10.0. The zero-order valence-electron chi connectivity index (χ0n) is 20.2. The summed E-state index contributed by atoms with van der Waals surface area (Å²) in [5.41, 5.74) is 2.61. The maximum atomic E-state index is 14.3. The number of carbonyl (C=O) groups is 2. The Hall–Kier alpha value is -3.55. The number of imide groups is 1. The molecule has 1 saturated heterocycles. The Labute approximate surface area is 224 Å². The Bertz CT molecular complexity index is 1340. The fourth-order valence-corrected chi connectivity index (χ4v) is 4.92. The molecule has 1 aliphatic rings. The largest absolute Gasteiger partial charge is 0.490 e. The lowest BCUT2D eigenvalue weighted by Gasteiger charge is -2.17. The van der Waals surface area contributed by atoms with Gasteiger partial charge < -0.3 is 9.47 Å². The number of allylic oxidation sites excluding steroid dienone is 1. The van der Waals surface area contributed by atoms with Gasteiger partial charge in [0.2, 0.25) is 0 Å². The molecule has 3 aromatic rings. The third-order valence-electron chi connectivity index (χ3n) is 5.59. The fourth-order valence-electron chi connectivity index (χ4n) is 3.86. The average molecular weight is 538 g/mol. The van der Waals surface area contributed by atoms with E-state index in [1.165, 1.54) is 18.2 Å². The van der Waals surface area contributed by atoms with Crippen molar-refractivity contribution < 1.29 is 23.5 Å². The number of nitrogens with zero attached hydrogens (tertiary/aromatic N) is 1. The molecular formula is C29H25ClFNO4S. The van der Waals surface area contributed by atoms with Crippen molar-refractivity contribution in [3.05, 3.63) is 111 Å². The SMILES string of the molecule is C=CCc1cc(/C=C2\SC(=O)N(Cc3c(F)cccc3Cl)C2=O)cc(OCC)c1OCc1ccccc1. The number of benzene rings is 3. The molecule has 0 bridgehead atoms. The van der Waals surface area contributed by atoms with E-state index < -0.39 is 17.0 Å². The van der Waals surface area contributed by atoms with Gasteiger partial charge in [-0.2, -0.15) is 0 Å². The molecular weight excluding hydrogens is 513 g/mol. The van der Waals surface area contributed by atoms with Crippen LogP contribution >= 0.6 is 23.4 Å². The lowest BCUT2D eigenvalue weighted by molar-refractivity contribution is -0.123. The highest BCUT2D eigenvalue weighted by molar-refractivity contribution is 8.18. The van der Waals surface area contributed by atoms with Crippen molar-refractivity contribution in [2.45, 2.75) is 26.5 Å². The monoisotopic (exact) mass is 537 g/mol. The lowest BCUT2D eigenvalue weighted by Crippen LogP contribution is -2.28. The topological polar surface area (TPSA) is 55.8 Å². The van der Waals surface area contributed by atoms with E-state index in [9.17, 15) is 14.0 Å². The summed E-state index contributed by atoms with van der Waals surface area (Å²) in [6.07, 6.45) is 3.90. The molecule has 0 aliphatic carbocycles. The molecule has 2 amide bonds. The molecule has 190 valence electrons. The minimum atomic E-state index is -0.572. The quantitative estimate of drug-likeness (QED) is 0.199. The van der Waals surface area contributed by atoms with Gasteiger partial charge >= 0.3 is 0 Å². The van der Waals surface area contributed by atoms with E-state index in [1.807, 2.05) is 43.3 Å². The van der Waals surface area contributed by atoms with Gasteiger partial charge in [0.05, 0.1) is 18.1 Å². The first kappa shape index (κ1) is 26.5. The van der Waals surface area contributed by atoms with Crippen LogP contribution in [0.4, 0.5) is 9.18 Å². The van der Waals surface area contributed by atoms with Crippen molar-refractivity contribution in [3.8, 4) is 11.5 Å². The number of carbonyl (C=O) groups excluding carboxylic acids is 2. The van der Waals surface area contributed by atoms with Gasteiger partial charge in [0.25, 0.3) is 11.1 Å². The van der Waals surface area contributed by atoms with E-state index >= 15 is 0 Å². The first-order chi connectivity index (χ1) is 17.9. The maximum absolute atomic E-state index is 14.3. The van der Waals surface area contributed by atoms with Gasteiger partial charge in [-0.15, -0.1) is 6.58 Å². The van der Waals surface area contributed by atoms with Gasteiger partial charge in [0.1, 0.15) is 12.4 Å². The highest BCUT2D eigenvalue weighted by Crippen LogP contribution is 2.38. The average Bonchev–Trinajstić information content (AvgIpc) is 3.14. The zero-order chi connectivity index (χ0) is 26.4. The smallest absolute Gasteiger partial charge is 0.293 e. The van der Waals surface area contributed by atoms with Crippen LogP contribution in [0.2, 0.25) is 5.02 Å². The second-order valence-electron chi connectivity index (χ2n) is 8.18. The normalized spacial score (nSPS) is 14.4. The standard InChI is InChI=1S/C29H25ClFNO4S/c1-3-9-21-14-20(15-25(35-4-2)27(21)36-18-19-10-6-5-7-11-19)16-26-28(33)32(29(34)37-26)17-22-23(30)12-8-13-24(22)31/h3,5-8,10-16H,1,4,9,17-18H2,2H3/b26-16-. The van der Waals surface area contributed by atoms with Crippen LogP contribution in [0.5, 0.6) is 11.5 Å². The minimum absolute atomic E-state index is 0.0968. The molecule has 0 aromatic heterocycles. The summed E-state index contributed by atoms with van der Waals surface area (Å²) in [7, 11) is 0. The van der Waals surface area contributed by atoms with Crippen LogP contribution in [-0.2, 0) is 24.4 Å². The summed E-state index contributed by atoms with van der Waals surface area (Å²) in [4.78, 5) is 26.9. The number of rotatable bonds is 10. The Morgan fingerprint density at radius 1 is 1.08 bits per heavy atom. The summed E-state index contributed by atoms with van der Waals surface area (Å²) in [6.45, 7) is 6.26. The van der Waals surface area contributed by atoms with E-state index in [2.05, 4.69) is 6.58 Å². The highest BCUT2D eigenvalue weighted by Gasteiger charge is 2.36. The number of halogens is 2. The highest BCUT2D eigenvalue weighted by atomic mass is 35.5. The molecule has 0 atom stereocenters. The first-order valence-electron chi connectivity index (χ1n) is 11.7. The first-order valence-corrected chi connectivity index (χ1v) is 12.9. The summed E-state index contributed by atoms with van der Waals surface area (Å²) in [6, 6.07) is 17.7. The van der Waals surface area contributed by atoms with Crippen LogP contribution in [0.1, 0.15) is 29.2 Å². The maximum Gasteiger partial charge on any atom is 0.293 e. The number of hydrogen-bond donors (Lipinski definition) is 0. The fraction of sp³-hybridized carbons (Fsp3) is 0.172. The molecule has 8 heteroatoms. The van der Waals surface area contributed by atoms with Crippen molar-refractivity contribution in [2.24, 2.45) is 0 Å². The molecule has 0 saturated carbocycles. The van der Waals surface area contributed by atoms with Crippen molar-refractivity contribution >= 4 is 40.6 Å². The van der Waals surface area contributed by atoms with Crippen molar-refractivity contribution in [1.29, 1.82) is 0 Å². The number of amides is 2. The number of ether oxygens (including phenoxy) is 2. The molecule has 5 nitrogen and oxygen atoms in total. The van der Waals surface area contributed by atoms with Gasteiger partial charge in [-0.1, -0.05) is 54.1 Å². The van der Waals surface area contributed by atoms with Crippen LogP contribution in [-0.4, -0.2) is 22.7 Å². The summed E-state index contributed by atoms with van der Waals surface area (Å²) >= 11 is 6.90. The van der Waals surface area contributed by atoms with Crippen molar-refractivity contribution in [2.75, 3.05) is 6.61 Å². The minimum Gasteiger partial charge on any atom is -0.490 e. The molecule has 3 aromatic carbocycles. The van der Waals surface area contributed by atoms with Gasteiger partial charge in [-0.25, -0.2) is 4.39 Å². The predicted octanol–water partition coefficient (Wildman–Crippen LogP) is 7.42. The Morgan fingerprint density at radius 2 is 1.86 bits per heavy atom. The molecule has 0 spiro atoms. The number of thioether (sulfide) groups is 1. The molecule has 0 N–H and O–H groups in total. The zero-order valence-corrected chi connectivity index (χ0v) is 21.8. The Kier molecular flexibility index (Phi) is 8.69. The molecule has 1 heterocycles. The summed E-state index contributed by atoms with van der Waals surface area (Å²) in [5, 5.41) is -0.334. The van der Waals surface area contributed by atoms with Crippen LogP contribution in [0.3, 0.4) is 0 Å². The summed E-state index contributed by atoms with van der Waals surface area (Å²) < 4.78 is 26.3. The summed E-state index contributed by atoms with van der Waals surface area (Å²) in [5.74, 6) is 0.0467. The molecule has 4 rings (SSSR count). The molecule has 1 aliphatic heterocycles. The van der Waals surface area contributed by atoms with Crippen molar-refractivity contribution in [1.82, 2.24) is 4.90 Å². The van der Waals surface area contributed by atoms with Crippen molar-refractivity contribution in [3.63, 3.8) is 0 Å². The Balaban J connectivity index is 1.63. The molecule has 0 unspecified atom stereocenters. The van der Waals surface area contributed by atoms with Crippen LogP contribution < -0.4 is 9.47 Å². The van der Waals surface area contributed by atoms with E-state index in [0.29, 0.717) is 36.7 Å². The third-order valence-corrected chi connectivity index (χ3v) is 6.85. The molecule has 1 fully saturated rings. The molecule has 37 heavy (non-hydrogen) atoms. The van der Waals surface area contributed by atoms with E-state index in [4.69, 9.17) is 21.1 Å².